The number of nitrogens with zero attached hydrogens (tertiary/aromatic N) is 2. The van der Waals surface area contributed by atoms with Gasteiger partial charge in [0, 0.05) is 32.5 Å². The summed E-state index contributed by atoms with van der Waals surface area (Å²) in [4.78, 5) is 5.21. The van der Waals surface area contributed by atoms with E-state index in [4.69, 9.17) is 9.40 Å². The van der Waals surface area contributed by atoms with Crippen molar-refractivity contribution in [1.29, 1.82) is 0 Å². The number of aromatic nitrogens is 2. The number of rotatable bonds is 4. The van der Waals surface area contributed by atoms with Crippen molar-refractivity contribution < 1.29 is 4.42 Å². The third-order valence-electron chi connectivity index (χ3n) is 9.60. The Bertz CT molecular complexity index is 2830. The number of hydrogen-bond acceptors (Lipinski definition) is 2. The Hall–Kier alpha value is -6.45. The summed E-state index contributed by atoms with van der Waals surface area (Å²) < 4.78 is 9.17. The Morgan fingerprint density at radius 1 is 0.438 bits per heavy atom. The summed E-state index contributed by atoms with van der Waals surface area (Å²) in [6.07, 6.45) is 0. The van der Waals surface area contributed by atoms with Crippen LogP contribution < -0.4 is 0 Å². The van der Waals surface area contributed by atoms with E-state index in [0.29, 0.717) is 0 Å². The molecule has 3 nitrogen and oxygen atoms in total. The molecule has 3 aromatic heterocycles. The van der Waals surface area contributed by atoms with E-state index in [0.717, 1.165) is 60.8 Å². The van der Waals surface area contributed by atoms with Crippen LogP contribution in [0.5, 0.6) is 0 Å². The van der Waals surface area contributed by atoms with Gasteiger partial charge in [0.1, 0.15) is 5.58 Å². The molecule has 0 bridgehead atoms. The zero-order valence-corrected chi connectivity index (χ0v) is 26.0. The smallest absolute Gasteiger partial charge is 0.159 e. The predicted molar refractivity (Wildman–Crippen MR) is 200 cm³/mol. The van der Waals surface area contributed by atoms with E-state index in [1.54, 1.807) is 0 Å². The first kappa shape index (κ1) is 26.7. The Morgan fingerprint density at radius 3 is 1.98 bits per heavy atom. The van der Waals surface area contributed by atoms with E-state index < -0.39 is 0 Å². The third kappa shape index (κ3) is 4.04. The lowest BCUT2D eigenvalue weighted by atomic mass is 9.96. The topological polar surface area (TPSA) is 31.0 Å². The van der Waals surface area contributed by atoms with Gasteiger partial charge in [-0.05, 0) is 64.7 Å². The van der Waals surface area contributed by atoms with Gasteiger partial charge in [0.05, 0.1) is 27.9 Å². The number of furan rings is 1. The molecule has 0 aliphatic carbocycles. The third-order valence-corrected chi connectivity index (χ3v) is 9.60. The summed E-state index contributed by atoms with van der Waals surface area (Å²) in [6.45, 7) is 0. The second kappa shape index (κ2) is 10.5. The molecule has 0 unspecified atom stereocenters. The van der Waals surface area contributed by atoms with Gasteiger partial charge in [0.15, 0.2) is 5.58 Å². The van der Waals surface area contributed by atoms with E-state index in [1.807, 2.05) is 0 Å². The van der Waals surface area contributed by atoms with Crippen LogP contribution in [0.2, 0.25) is 0 Å². The zero-order valence-electron chi connectivity index (χ0n) is 26.0. The molecule has 0 atom stereocenters. The van der Waals surface area contributed by atoms with Crippen LogP contribution in [0, 0.1) is 0 Å². The molecule has 0 radical (unpaired) electrons. The van der Waals surface area contributed by atoms with E-state index >= 15 is 0 Å². The zero-order chi connectivity index (χ0) is 31.6. The minimum Gasteiger partial charge on any atom is -0.454 e. The molecule has 0 saturated heterocycles. The highest BCUT2D eigenvalue weighted by atomic mass is 16.3. The lowest BCUT2D eigenvalue weighted by Gasteiger charge is -2.11. The molecule has 224 valence electrons. The Morgan fingerprint density at radius 2 is 1.12 bits per heavy atom. The highest BCUT2D eigenvalue weighted by Crippen LogP contribution is 2.42. The van der Waals surface area contributed by atoms with Crippen molar-refractivity contribution in [2.24, 2.45) is 0 Å². The molecule has 0 aliphatic heterocycles. The molecular weight excluding hydrogens is 585 g/mol. The molecule has 0 fully saturated rings. The maximum Gasteiger partial charge on any atom is 0.159 e. The summed E-state index contributed by atoms with van der Waals surface area (Å²) in [6, 6.07) is 60.0. The Kier molecular flexibility index (Phi) is 5.87. The fourth-order valence-electron chi connectivity index (χ4n) is 7.43. The molecule has 10 rings (SSSR count). The maximum absolute atomic E-state index is 6.81. The highest BCUT2D eigenvalue weighted by molar-refractivity contribution is 6.16. The minimum atomic E-state index is 0.846. The predicted octanol–water partition coefficient (Wildman–Crippen LogP) is 12.2. The quantitative estimate of drug-likeness (QED) is 0.198. The van der Waals surface area contributed by atoms with Crippen molar-refractivity contribution >= 4 is 54.6 Å². The van der Waals surface area contributed by atoms with Crippen molar-refractivity contribution in [2.75, 3.05) is 0 Å². The summed E-state index contributed by atoms with van der Waals surface area (Å²) in [7, 11) is 0. The lowest BCUT2D eigenvalue weighted by Crippen LogP contribution is -1.94. The second-order valence-electron chi connectivity index (χ2n) is 12.3. The van der Waals surface area contributed by atoms with Crippen LogP contribution >= 0.6 is 0 Å². The monoisotopic (exact) mass is 612 g/mol. The van der Waals surface area contributed by atoms with Crippen molar-refractivity contribution in [2.45, 2.75) is 0 Å². The van der Waals surface area contributed by atoms with Crippen LogP contribution in [0.15, 0.2) is 174 Å². The minimum absolute atomic E-state index is 0.846. The van der Waals surface area contributed by atoms with E-state index in [9.17, 15) is 0 Å². The van der Waals surface area contributed by atoms with Gasteiger partial charge in [-0.1, -0.05) is 127 Å². The van der Waals surface area contributed by atoms with Crippen LogP contribution in [0.4, 0.5) is 0 Å². The molecule has 3 heterocycles. The fraction of sp³-hybridized carbons (Fsp3) is 0. The molecule has 10 aromatic rings. The molecule has 0 N–H and O–H groups in total. The standard InChI is InChI=1S/C45H28N2O/c1-3-13-29(14-4-1)31-25-26-41-37(27-31)33-18-8-10-22-40(33)47(41)42-23-11-20-35-44-34(19-12-24-43(44)48-45(35)42)39-28-36(30-15-5-2-6-16-30)32-17-7-9-21-38(32)46-39/h1-28H. The maximum atomic E-state index is 6.81. The normalized spacial score (nSPS) is 11.8. The van der Waals surface area contributed by atoms with Gasteiger partial charge in [-0.25, -0.2) is 4.98 Å². The van der Waals surface area contributed by atoms with Gasteiger partial charge in [-0.15, -0.1) is 0 Å². The number of hydrogen-bond donors (Lipinski definition) is 0. The molecule has 0 spiro atoms. The first-order chi connectivity index (χ1) is 23.8. The summed E-state index contributed by atoms with van der Waals surface area (Å²) in [5.74, 6) is 0. The van der Waals surface area contributed by atoms with Crippen LogP contribution in [0.25, 0.3) is 93.8 Å². The first-order valence-electron chi connectivity index (χ1n) is 16.3. The Labute approximate surface area is 277 Å². The molecule has 0 amide bonds. The molecule has 7 aromatic carbocycles. The average Bonchev–Trinajstić information content (AvgIpc) is 3.71. The molecule has 0 saturated carbocycles. The Balaban J connectivity index is 1.22. The summed E-state index contributed by atoms with van der Waals surface area (Å²) in [5.41, 5.74) is 12.7. The van der Waals surface area contributed by atoms with Crippen LogP contribution in [-0.4, -0.2) is 9.55 Å². The van der Waals surface area contributed by atoms with Gasteiger partial charge >= 0.3 is 0 Å². The molecule has 48 heavy (non-hydrogen) atoms. The number of fused-ring (bicyclic) bond motifs is 7. The number of para-hydroxylation sites is 3. The molecule has 0 aliphatic rings. The van der Waals surface area contributed by atoms with Crippen molar-refractivity contribution in [3.05, 3.63) is 170 Å². The largest absolute Gasteiger partial charge is 0.454 e. The summed E-state index contributed by atoms with van der Waals surface area (Å²) in [5, 5.41) is 5.72. The van der Waals surface area contributed by atoms with Crippen LogP contribution in [0.1, 0.15) is 0 Å². The van der Waals surface area contributed by atoms with Gasteiger partial charge in [0.2, 0.25) is 0 Å². The van der Waals surface area contributed by atoms with Gasteiger partial charge in [0.25, 0.3) is 0 Å². The van der Waals surface area contributed by atoms with Crippen LogP contribution in [-0.2, 0) is 0 Å². The van der Waals surface area contributed by atoms with Gasteiger partial charge in [-0.2, -0.15) is 0 Å². The first-order valence-corrected chi connectivity index (χ1v) is 16.3. The van der Waals surface area contributed by atoms with E-state index in [2.05, 4.69) is 174 Å². The lowest BCUT2D eigenvalue weighted by molar-refractivity contribution is 0.666. The van der Waals surface area contributed by atoms with Crippen molar-refractivity contribution in [3.8, 4) is 39.2 Å². The highest BCUT2D eigenvalue weighted by Gasteiger charge is 2.20. The summed E-state index contributed by atoms with van der Waals surface area (Å²) >= 11 is 0. The van der Waals surface area contributed by atoms with Gasteiger partial charge in [-0.3, -0.25) is 0 Å². The SMILES string of the molecule is c1ccc(-c2ccc3c(c2)c2ccccc2n3-c2cccc3c2oc2cccc(-c4cc(-c5ccccc5)c5ccccc5n4)c23)cc1. The second-order valence-corrected chi connectivity index (χ2v) is 12.3. The number of benzene rings is 7. The van der Waals surface area contributed by atoms with Gasteiger partial charge < -0.3 is 8.98 Å². The molecule has 3 heteroatoms. The molecular formula is C45H28N2O. The fourth-order valence-corrected chi connectivity index (χ4v) is 7.43. The van der Waals surface area contributed by atoms with Crippen LogP contribution in [0.3, 0.4) is 0 Å². The van der Waals surface area contributed by atoms with Crippen molar-refractivity contribution in [3.63, 3.8) is 0 Å². The van der Waals surface area contributed by atoms with E-state index in [-0.39, 0.29) is 0 Å². The van der Waals surface area contributed by atoms with Crippen molar-refractivity contribution in [1.82, 2.24) is 9.55 Å². The average molecular weight is 613 g/mol. The number of pyridine rings is 1. The van der Waals surface area contributed by atoms with E-state index in [1.165, 1.54) is 33.0 Å².